The maximum atomic E-state index is 12.7. The smallest absolute Gasteiger partial charge is 0.239 e. The molecule has 1 aliphatic rings. The third-order valence-electron chi connectivity index (χ3n) is 5.09. The van der Waals surface area contributed by atoms with E-state index in [2.05, 4.69) is 10.3 Å². The lowest BCUT2D eigenvalue weighted by atomic mass is 10.1. The van der Waals surface area contributed by atoms with Gasteiger partial charge in [0, 0.05) is 35.2 Å². The highest BCUT2D eigenvalue weighted by Crippen LogP contribution is 2.31. The van der Waals surface area contributed by atoms with Crippen LogP contribution in [0.3, 0.4) is 0 Å². The van der Waals surface area contributed by atoms with Gasteiger partial charge >= 0.3 is 0 Å². The van der Waals surface area contributed by atoms with Gasteiger partial charge in [0.1, 0.15) is 5.92 Å². The predicted octanol–water partition coefficient (Wildman–Crippen LogP) is 4.19. The highest BCUT2D eigenvalue weighted by Gasteiger charge is 2.38. The third kappa shape index (κ3) is 3.60. The SMILES string of the molecule is O=C(NCCc1c[nH]c2ccc(Cl)cc12)C1CCN(c2ccccc2Cl)C1=O. The number of fused-ring (bicyclic) bond motifs is 1. The molecular weight excluding hydrogens is 397 g/mol. The Bertz CT molecular complexity index is 1050. The zero-order chi connectivity index (χ0) is 19.7. The van der Waals surface area contributed by atoms with Crippen LogP contribution in [0.2, 0.25) is 10.0 Å². The molecule has 4 rings (SSSR count). The van der Waals surface area contributed by atoms with E-state index in [4.69, 9.17) is 23.2 Å². The molecule has 28 heavy (non-hydrogen) atoms. The summed E-state index contributed by atoms with van der Waals surface area (Å²) < 4.78 is 0. The highest BCUT2D eigenvalue weighted by molar-refractivity contribution is 6.34. The quantitative estimate of drug-likeness (QED) is 0.613. The molecule has 1 fully saturated rings. The molecule has 2 N–H and O–H groups in total. The summed E-state index contributed by atoms with van der Waals surface area (Å²) in [6.45, 7) is 0.940. The van der Waals surface area contributed by atoms with Gasteiger partial charge in [-0.3, -0.25) is 9.59 Å². The maximum Gasteiger partial charge on any atom is 0.239 e. The molecule has 0 radical (unpaired) electrons. The van der Waals surface area contributed by atoms with Crippen molar-refractivity contribution in [3.63, 3.8) is 0 Å². The number of amides is 2. The van der Waals surface area contributed by atoms with E-state index in [1.165, 1.54) is 0 Å². The Morgan fingerprint density at radius 3 is 2.86 bits per heavy atom. The second kappa shape index (κ2) is 7.86. The van der Waals surface area contributed by atoms with Gasteiger partial charge < -0.3 is 15.2 Å². The minimum Gasteiger partial charge on any atom is -0.361 e. The standard InChI is InChI=1S/C21H19Cl2N3O2/c22-14-5-6-18-16(11-14)13(12-25-18)7-9-24-20(27)15-8-10-26(21(15)28)19-4-2-1-3-17(19)23/h1-6,11-12,15,25H,7-10H2,(H,24,27). The van der Waals surface area contributed by atoms with E-state index in [1.807, 2.05) is 36.5 Å². The topological polar surface area (TPSA) is 65.2 Å². The average molecular weight is 416 g/mol. The summed E-state index contributed by atoms with van der Waals surface area (Å²) in [7, 11) is 0. The number of aromatic amines is 1. The molecule has 1 atom stereocenters. The number of rotatable bonds is 5. The summed E-state index contributed by atoms with van der Waals surface area (Å²) >= 11 is 12.3. The molecule has 144 valence electrons. The second-order valence-electron chi connectivity index (χ2n) is 6.83. The summed E-state index contributed by atoms with van der Waals surface area (Å²) in [6, 6.07) is 12.9. The first-order valence-corrected chi connectivity index (χ1v) is 9.89. The number of carbonyl (C=O) groups excluding carboxylic acids is 2. The van der Waals surface area contributed by atoms with E-state index >= 15 is 0 Å². The van der Waals surface area contributed by atoms with E-state index in [0.717, 1.165) is 16.5 Å². The first kappa shape index (κ1) is 18.8. The van der Waals surface area contributed by atoms with Gasteiger partial charge in [-0.25, -0.2) is 0 Å². The van der Waals surface area contributed by atoms with E-state index in [9.17, 15) is 9.59 Å². The van der Waals surface area contributed by atoms with Crippen LogP contribution in [0.25, 0.3) is 10.9 Å². The molecule has 1 unspecified atom stereocenters. The molecule has 0 saturated carbocycles. The number of nitrogens with zero attached hydrogens (tertiary/aromatic N) is 1. The Morgan fingerprint density at radius 1 is 1.21 bits per heavy atom. The fourth-order valence-electron chi connectivity index (χ4n) is 3.63. The fourth-order valence-corrected chi connectivity index (χ4v) is 4.04. The van der Waals surface area contributed by atoms with Crippen molar-refractivity contribution in [2.24, 2.45) is 5.92 Å². The maximum absolute atomic E-state index is 12.7. The zero-order valence-corrected chi connectivity index (χ0v) is 16.6. The summed E-state index contributed by atoms with van der Waals surface area (Å²) in [5, 5.41) is 5.12. The van der Waals surface area contributed by atoms with Gasteiger partial charge in [0.05, 0.1) is 10.7 Å². The van der Waals surface area contributed by atoms with Crippen molar-refractivity contribution in [2.45, 2.75) is 12.8 Å². The number of anilines is 1. The van der Waals surface area contributed by atoms with E-state index in [-0.39, 0.29) is 11.8 Å². The van der Waals surface area contributed by atoms with Crippen LogP contribution in [0.1, 0.15) is 12.0 Å². The summed E-state index contributed by atoms with van der Waals surface area (Å²) in [4.78, 5) is 30.0. The van der Waals surface area contributed by atoms with Crippen molar-refractivity contribution >= 4 is 51.6 Å². The Morgan fingerprint density at radius 2 is 2.04 bits per heavy atom. The van der Waals surface area contributed by atoms with Gasteiger partial charge in [-0.15, -0.1) is 0 Å². The van der Waals surface area contributed by atoms with Crippen LogP contribution in [0.15, 0.2) is 48.7 Å². The molecule has 2 amide bonds. The van der Waals surface area contributed by atoms with Crippen molar-refractivity contribution in [3.05, 3.63) is 64.3 Å². The number of halogens is 2. The van der Waals surface area contributed by atoms with E-state index in [0.29, 0.717) is 41.7 Å². The van der Waals surface area contributed by atoms with E-state index < -0.39 is 5.92 Å². The van der Waals surface area contributed by atoms with Gasteiger partial charge in [0.15, 0.2) is 0 Å². The summed E-state index contributed by atoms with van der Waals surface area (Å²) in [5.74, 6) is -1.12. The van der Waals surface area contributed by atoms with Crippen LogP contribution in [0.5, 0.6) is 0 Å². The fraction of sp³-hybridized carbons (Fsp3) is 0.238. The normalized spacial score (nSPS) is 16.7. The summed E-state index contributed by atoms with van der Waals surface area (Å²) in [5.41, 5.74) is 2.74. The minimum atomic E-state index is -0.673. The first-order chi connectivity index (χ1) is 13.5. The van der Waals surface area contributed by atoms with Gasteiger partial charge in [0.2, 0.25) is 11.8 Å². The number of nitrogens with one attached hydrogen (secondary N) is 2. The van der Waals surface area contributed by atoms with Crippen molar-refractivity contribution in [1.82, 2.24) is 10.3 Å². The van der Waals surface area contributed by atoms with Crippen LogP contribution in [0.4, 0.5) is 5.69 Å². The monoisotopic (exact) mass is 415 g/mol. The molecule has 5 nitrogen and oxygen atoms in total. The number of H-pyrrole nitrogens is 1. The van der Waals surface area contributed by atoms with Gasteiger partial charge in [-0.1, -0.05) is 35.3 Å². The Kier molecular flexibility index (Phi) is 5.29. The van der Waals surface area contributed by atoms with Crippen LogP contribution < -0.4 is 10.2 Å². The largest absolute Gasteiger partial charge is 0.361 e. The van der Waals surface area contributed by atoms with Crippen molar-refractivity contribution in [3.8, 4) is 0 Å². The van der Waals surface area contributed by atoms with Crippen molar-refractivity contribution in [1.29, 1.82) is 0 Å². The molecule has 0 aliphatic carbocycles. The number of hydrogen-bond donors (Lipinski definition) is 2. The Balaban J connectivity index is 1.37. The molecule has 2 aromatic carbocycles. The van der Waals surface area contributed by atoms with Crippen molar-refractivity contribution in [2.75, 3.05) is 18.0 Å². The lowest BCUT2D eigenvalue weighted by Crippen LogP contribution is -2.37. The Hall–Kier alpha value is -2.50. The lowest BCUT2D eigenvalue weighted by molar-refractivity contribution is -0.132. The number of carbonyl (C=O) groups is 2. The molecule has 0 spiro atoms. The third-order valence-corrected chi connectivity index (χ3v) is 5.64. The van der Waals surface area contributed by atoms with Gasteiger partial charge in [-0.2, -0.15) is 0 Å². The van der Waals surface area contributed by atoms with Crippen LogP contribution >= 0.6 is 23.2 Å². The molecule has 0 bridgehead atoms. The minimum absolute atomic E-state index is 0.204. The molecule has 1 aliphatic heterocycles. The number of benzene rings is 2. The number of hydrogen-bond acceptors (Lipinski definition) is 2. The Labute approximate surface area is 172 Å². The van der Waals surface area contributed by atoms with Crippen LogP contribution in [-0.2, 0) is 16.0 Å². The molecular formula is C21H19Cl2N3O2. The predicted molar refractivity (Wildman–Crippen MR) is 112 cm³/mol. The van der Waals surface area contributed by atoms with Crippen molar-refractivity contribution < 1.29 is 9.59 Å². The average Bonchev–Trinajstić information content (AvgIpc) is 3.25. The van der Waals surface area contributed by atoms with Crippen LogP contribution in [-0.4, -0.2) is 29.9 Å². The molecule has 3 aromatic rings. The molecule has 7 heteroatoms. The van der Waals surface area contributed by atoms with Gasteiger partial charge in [0.25, 0.3) is 0 Å². The molecule has 1 saturated heterocycles. The first-order valence-electron chi connectivity index (χ1n) is 9.14. The molecule has 1 aromatic heterocycles. The molecule has 2 heterocycles. The number of aromatic nitrogens is 1. The highest BCUT2D eigenvalue weighted by atomic mass is 35.5. The van der Waals surface area contributed by atoms with Crippen LogP contribution in [0, 0.1) is 5.92 Å². The van der Waals surface area contributed by atoms with E-state index in [1.54, 1.807) is 17.0 Å². The zero-order valence-electron chi connectivity index (χ0n) is 15.0. The second-order valence-corrected chi connectivity index (χ2v) is 7.67. The number of para-hydroxylation sites is 1. The van der Waals surface area contributed by atoms with Gasteiger partial charge in [-0.05, 0) is 48.7 Å². The summed E-state index contributed by atoms with van der Waals surface area (Å²) in [6.07, 6.45) is 3.06. The lowest BCUT2D eigenvalue weighted by Gasteiger charge is -2.18.